The van der Waals surface area contributed by atoms with Crippen molar-refractivity contribution in [3.63, 3.8) is 0 Å². The fraction of sp³-hybridized carbons (Fsp3) is 0.231. The molecule has 19 heavy (non-hydrogen) atoms. The molecule has 0 unspecified atom stereocenters. The molecule has 0 bridgehead atoms. The Kier molecular flexibility index (Phi) is 4.39. The lowest BCUT2D eigenvalue weighted by atomic mass is 10.2. The van der Waals surface area contributed by atoms with Gasteiger partial charge in [-0.05, 0) is 24.3 Å². The van der Waals surface area contributed by atoms with Gasteiger partial charge in [0.2, 0.25) is 5.88 Å². The first-order chi connectivity index (χ1) is 9.11. The number of thiophene rings is 1. The molecule has 2 rings (SSSR count). The SMILES string of the molecule is COc1ncccc1C(=O)N(C)Cc1ccc(Cl)s1. The van der Waals surface area contributed by atoms with Gasteiger partial charge in [-0.2, -0.15) is 0 Å². The van der Waals surface area contributed by atoms with Gasteiger partial charge < -0.3 is 9.64 Å². The maximum Gasteiger partial charge on any atom is 0.259 e. The van der Waals surface area contributed by atoms with Crippen LogP contribution in [0.15, 0.2) is 30.5 Å². The van der Waals surface area contributed by atoms with Crippen molar-refractivity contribution in [2.75, 3.05) is 14.2 Å². The summed E-state index contributed by atoms with van der Waals surface area (Å²) < 4.78 is 5.81. The van der Waals surface area contributed by atoms with E-state index in [0.29, 0.717) is 18.0 Å². The summed E-state index contributed by atoms with van der Waals surface area (Å²) in [6.45, 7) is 0.508. The second kappa shape index (κ2) is 6.04. The number of pyridine rings is 1. The zero-order chi connectivity index (χ0) is 13.8. The largest absolute Gasteiger partial charge is 0.480 e. The van der Waals surface area contributed by atoms with Crippen LogP contribution in [0.4, 0.5) is 0 Å². The van der Waals surface area contributed by atoms with Crippen molar-refractivity contribution < 1.29 is 9.53 Å². The fourth-order valence-corrected chi connectivity index (χ4v) is 2.81. The molecule has 0 N–H and O–H groups in total. The lowest BCUT2D eigenvalue weighted by Gasteiger charge is -2.17. The van der Waals surface area contributed by atoms with Crippen LogP contribution in [-0.2, 0) is 6.54 Å². The van der Waals surface area contributed by atoms with Gasteiger partial charge in [-0.25, -0.2) is 4.98 Å². The minimum absolute atomic E-state index is 0.130. The number of carbonyl (C=O) groups is 1. The molecule has 0 aliphatic carbocycles. The average Bonchev–Trinajstić information content (AvgIpc) is 2.83. The molecule has 0 radical (unpaired) electrons. The summed E-state index contributed by atoms with van der Waals surface area (Å²) in [5.74, 6) is 0.207. The number of halogens is 1. The van der Waals surface area contributed by atoms with E-state index in [1.807, 2.05) is 12.1 Å². The third-order valence-corrected chi connectivity index (χ3v) is 3.78. The molecule has 2 heterocycles. The molecule has 0 aromatic carbocycles. The van der Waals surface area contributed by atoms with E-state index in [-0.39, 0.29) is 5.91 Å². The normalized spacial score (nSPS) is 10.3. The summed E-state index contributed by atoms with van der Waals surface area (Å²) in [5.41, 5.74) is 0.454. The van der Waals surface area contributed by atoms with E-state index in [1.54, 1.807) is 30.3 Å². The first-order valence-corrected chi connectivity index (χ1v) is 6.80. The fourth-order valence-electron chi connectivity index (χ4n) is 1.66. The Morgan fingerprint density at radius 3 is 2.89 bits per heavy atom. The van der Waals surface area contributed by atoms with Crippen molar-refractivity contribution >= 4 is 28.8 Å². The van der Waals surface area contributed by atoms with E-state index in [9.17, 15) is 4.79 Å². The van der Waals surface area contributed by atoms with E-state index in [4.69, 9.17) is 16.3 Å². The molecule has 2 aromatic heterocycles. The van der Waals surface area contributed by atoms with Crippen LogP contribution in [0, 0.1) is 0 Å². The number of hydrogen-bond acceptors (Lipinski definition) is 4. The van der Waals surface area contributed by atoms with Crippen LogP contribution in [0.1, 0.15) is 15.2 Å². The highest BCUT2D eigenvalue weighted by Gasteiger charge is 2.17. The van der Waals surface area contributed by atoms with Crippen LogP contribution >= 0.6 is 22.9 Å². The molecule has 1 amide bonds. The quantitative estimate of drug-likeness (QED) is 0.871. The molecule has 0 saturated carbocycles. The first-order valence-electron chi connectivity index (χ1n) is 5.60. The topological polar surface area (TPSA) is 42.4 Å². The van der Waals surface area contributed by atoms with Gasteiger partial charge in [-0.3, -0.25) is 4.79 Å². The number of ether oxygens (including phenoxy) is 1. The van der Waals surface area contributed by atoms with E-state index < -0.39 is 0 Å². The second-order valence-corrected chi connectivity index (χ2v) is 5.73. The van der Waals surface area contributed by atoms with Crippen LogP contribution in [0.5, 0.6) is 5.88 Å². The van der Waals surface area contributed by atoms with Crippen LogP contribution in [0.2, 0.25) is 4.34 Å². The summed E-state index contributed by atoms with van der Waals surface area (Å²) >= 11 is 7.34. The summed E-state index contributed by atoms with van der Waals surface area (Å²) in [6.07, 6.45) is 1.59. The van der Waals surface area contributed by atoms with Crippen LogP contribution < -0.4 is 4.74 Å². The van der Waals surface area contributed by atoms with Crippen molar-refractivity contribution in [3.05, 3.63) is 45.2 Å². The zero-order valence-corrected chi connectivity index (χ0v) is 12.2. The van der Waals surface area contributed by atoms with E-state index in [1.165, 1.54) is 18.4 Å². The van der Waals surface area contributed by atoms with Gasteiger partial charge >= 0.3 is 0 Å². The molecular formula is C13H13ClN2O2S. The molecule has 0 aliphatic rings. The maximum atomic E-state index is 12.3. The Bertz CT molecular complexity index is 586. The number of aromatic nitrogens is 1. The Labute approximate surface area is 120 Å². The Balaban J connectivity index is 2.14. The average molecular weight is 297 g/mol. The molecule has 0 atom stereocenters. The van der Waals surface area contributed by atoms with E-state index >= 15 is 0 Å². The van der Waals surface area contributed by atoms with Gasteiger partial charge in [-0.1, -0.05) is 11.6 Å². The molecule has 0 spiro atoms. The van der Waals surface area contributed by atoms with Crippen molar-refractivity contribution in [1.82, 2.24) is 9.88 Å². The highest BCUT2D eigenvalue weighted by atomic mass is 35.5. The van der Waals surface area contributed by atoms with Crippen molar-refractivity contribution in [2.45, 2.75) is 6.54 Å². The maximum absolute atomic E-state index is 12.3. The highest BCUT2D eigenvalue weighted by Crippen LogP contribution is 2.23. The van der Waals surface area contributed by atoms with Crippen LogP contribution in [0.3, 0.4) is 0 Å². The third-order valence-electron chi connectivity index (χ3n) is 2.56. The van der Waals surface area contributed by atoms with Crippen LogP contribution in [0.25, 0.3) is 0 Å². The Hall–Kier alpha value is -1.59. The summed E-state index contributed by atoms with van der Waals surface area (Å²) in [7, 11) is 3.24. The molecule has 100 valence electrons. The van der Waals surface area contributed by atoms with Gasteiger partial charge in [0, 0.05) is 18.1 Å². The predicted molar refractivity (Wildman–Crippen MR) is 75.9 cm³/mol. The zero-order valence-electron chi connectivity index (χ0n) is 10.6. The number of amides is 1. The number of carbonyl (C=O) groups excluding carboxylic acids is 1. The lowest BCUT2D eigenvalue weighted by molar-refractivity contribution is 0.0782. The highest BCUT2D eigenvalue weighted by molar-refractivity contribution is 7.16. The Morgan fingerprint density at radius 2 is 2.26 bits per heavy atom. The van der Waals surface area contributed by atoms with Crippen LogP contribution in [-0.4, -0.2) is 29.9 Å². The van der Waals surface area contributed by atoms with E-state index in [0.717, 1.165) is 9.21 Å². The van der Waals surface area contributed by atoms with Gasteiger partial charge in [0.05, 0.1) is 18.0 Å². The van der Waals surface area contributed by atoms with Gasteiger partial charge in [0.15, 0.2) is 0 Å². The first kappa shape index (κ1) is 13.8. The lowest BCUT2D eigenvalue weighted by Crippen LogP contribution is -2.26. The number of nitrogens with zero attached hydrogens (tertiary/aromatic N) is 2. The van der Waals surface area contributed by atoms with E-state index in [2.05, 4.69) is 4.98 Å². The van der Waals surface area contributed by atoms with Crippen molar-refractivity contribution in [1.29, 1.82) is 0 Å². The number of hydrogen-bond donors (Lipinski definition) is 0. The molecule has 2 aromatic rings. The molecule has 0 fully saturated rings. The minimum Gasteiger partial charge on any atom is -0.480 e. The van der Waals surface area contributed by atoms with Crippen molar-refractivity contribution in [3.8, 4) is 5.88 Å². The van der Waals surface area contributed by atoms with Gasteiger partial charge in [0.1, 0.15) is 5.56 Å². The summed E-state index contributed by atoms with van der Waals surface area (Å²) in [5, 5.41) is 0. The van der Waals surface area contributed by atoms with Gasteiger partial charge in [-0.15, -0.1) is 11.3 Å². The molecular weight excluding hydrogens is 284 g/mol. The standard InChI is InChI=1S/C13H13ClN2O2S/c1-16(8-9-5-6-11(14)19-9)13(17)10-4-3-7-15-12(10)18-2/h3-7H,8H2,1-2H3. The molecule has 6 heteroatoms. The summed E-state index contributed by atoms with van der Waals surface area (Å²) in [4.78, 5) is 19.0. The molecule has 0 aliphatic heterocycles. The third kappa shape index (κ3) is 3.24. The number of methoxy groups -OCH3 is 1. The predicted octanol–water partition coefficient (Wildman–Crippen LogP) is 3.08. The van der Waals surface area contributed by atoms with Crippen molar-refractivity contribution in [2.24, 2.45) is 0 Å². The monoisotopic (exact) mass is 296 g/mol. The number of rotatable bonds is 4. The van der Waals surface area contributed by atoms with Gasteiger partial charge in [0.25, 0.3) is 5.91 Å². The smallest absolute Gasteiger partial charge is 0.259 e. The Morgan fingerprint density at radius 1 is 1.47 bits per heavy atom. The molecule has 0 saturated heterocycles. The summed E-state index contributed by atoms with van der Waals surface area (Å²) in [6, 6.07) is 7.15. The second-order valence-electron chi connectivity index (χ2n) is 3.93. The molecule has 4 nitrogen and oxygen atoms in total. The minimum atomic E-state index is -0.130.